The minimum atomic E-state index is -3.03. The summed E-state index contributed by atoms with van der Waals surface area (Å²) in [5, 5.41) is 3.09. The van der Waals surface area contributed by atoms with E-state index < -0.39 is 9.84 Å². The lowest BCUT2D eigenvalue weighted by molar-refractivity contribution is -0.129. The Morgan fingerprint density at radius 3 is 2.75 bits per heavy atom. The van der Waals surface area contributed by atoms with Gasteiger partial charge in [0.05, 0.1) is 5.75 Å². The fourth-order valence-corrected chi connectivity index (χ4v) is 2.49. The number of amides is 1. The quantitative estimate of drug-likeness (QED) is 0.711. The second-order valence-corrected chi connectivity index (χ2v) is 6.69. The van der Waals surface area contributed by atoms with Gasteiger partial charge in [-0.15, -0.1) is 0 Å². The average molecular weight is 248 g/mol. The van der Waals surface area contributed by atoms with Gasteiger partial charge in [-0.05, 0) is 25.9 Å². The minimum Gasteiger partial charge on any atom is -0.342 e. The van der Waals surface area contributed by atoms with E-state index in [0.29, 0.717) is 5.92 Å². The number of hydrogen-bond donors (Lipinski definition) is 1. The second kappa shape index (κ2) is 5.63. The minimum absolute atomic E-state index is 0.0379. The molecule has 16 heavy (non-hydrogen) atoms. The van der Waals surface area contributed by atoms with Crippen molar-refractivity contribution in [2.24, 2.45) is 5.92 Å². The Morgan fingerprint density at radius 1 is 1.50 bits per heavy atom. The molecule has 0 aromatic carbocycles. The van der Waals surface area contributed by atoms with E-state index >= 15 is 0 Å². The predicted octanol–water partition coefficient (Wildman–Crippen LogP) is -0.511. The van der Waals surface area contributed by atoms with Crippen LogP contribution in [-0.4, -0.2) is 57.9 Å². The zero-order chi connectivity index (χ0) is 12.2. The van der Waals surface area contributed by atoms with Crippen molar-refractivity contribution in [3.63, 3.8) is 0 Å². The van der Waals surface area contributed by atoms with Gasteiger partial charge in [0, 0.05) is 25.8 Å². The van der Waals surface area contributed by atoms with Crippen LogP contribution >= 0.6 is 0 Å². The molecule has 1 aliphatic rings. The van der Waals surface area contributed by atoms with Gasteiger partial charge in [0.2, 0.25) is 5.91 Å². The molecule has 1 N–H and O–H groups in total. The maximum Gasteiger partial charge on any atom is 0.223 e. The Labute approximate surface area is 97.1 Å². The summed E-state index contributed by atoms with van der Waals surface area (Å²) in [5.74, 6) is 0.426. The van der Waals surface area contributed by atoms with E-state index in [4.69, 9.17) is 0 Å². The number of likely N-dealkylation sites (tertiary alicyclic amines) is 1. The lowest BCUT2D eigenvalue weighted by Crippen LogP contribution is -2.31. The zero-order valence-electron chi connectivity index (χ0n) is 9.90. The molecular formula is C10H20N2O3S. The summed E-state index contributed by atoms with van der Waals surface area (Å²) in [6, 6.07) is 0. The van der Waals surface area contributed by atoms with Crippen LogP contribution in [0.25, 0.3) is 0 Å². The molecule has 1 atom stereocenters. The van der Waals surface area contributed by atoms with Crippen LogP contribution in [0.4, 0.5) is 0 Å². The van der Waals surface area contributed by atoms with Gasteiger partial charge >= 0.3 is 0 Å². The molecule has 5 nitrogen and oxygen atoms in total. The molecule has 0 bridgehead atoms. The fraction of sp³-hybridized carbons (Fsp3) is 0.900. The normalized spacial score (nSPS) is 21.4. The third-order valence-corrected chi connectivity index (χ3v) is 3.76. The smallest absolute Gasteiger partial charge is 0.223 e. The topological polar surface area (TPSA) is 66.5 Å². The molecule has 1 amide bonds. The average Bonchev–Trinajstić information content (AvgIpc) is 2.62. The third-order valence-electron chi connectivity index (χ3n) is 2.82. The number of rotatable bonds is 5. The first-order chi connectivity index (χ1) is 7.42. The standard InChI is InChI=1S/C10H20N2O3S/c1-11-7-9-3-5-12(8-9)10(13)4-6-16(2,14)15/h9,11H,3-8H2,1-2H3. The maximum absolute atomic E-state index is 11.7. The molecule has 1 unspecified atom stereocenters. The monoisotopic (exact) mass is 248 g/mol. The zero-order valence-corrected chi connectivity index (χ0v) is 10.7. The predicted molar refractivity (Wildman–Crippen MR) is 62.9 cm³/mol. The van der Waals surface area contributed by atoms with Crippen LogP contribution < -0.4 is 5.32 Å². The summed E-state index contributed by atoms with van der Waals surface area (Å²) in [6.45, 7) is 2.42. The van der Waals surface area contributed by atoms with Gasteiger partial charge < -0.3 is 10.2 Å². The van der Waals surface area contributed by atoms with E-state index in [-0.39, 0.29) is 18.1 Å². The molecule has 6 heteroatoms. The Bertz CT molecular complexity index is 340. The number of carbonyl (C=O) groups excluding carboxylic acids is 1. The highest BCUT2D eigenvalue weighted by atomic mass is 32.2. The highest BCUT2D eigenvalue weighted by molar-refractivity contribution is 7.90. The fourth-order valence-electron chi connectivity index (χ4n) is 1.95. The van der Waals surface area contributed by atoms with Crippen molar-refractivity contribution in [3.05, 3.63) is 0 Å². The molecule has 94 valence electrons. The molecule has 1 fully saturated rings. The lowest BCUT2D eigenvalue weighted by Gasteiger charge is -2.16. The van der Waals surface area contributed by atoms with Crippen LogP contribution in [0.2, 0.25) is 0 Å². The van der Waals surface area contributed by atoms with Crippen LogP contribution in [0.3, 0.4) is 0 Å². The molecule has 1 aliphatic heterocycles. The van der Waals surface area contributed by atoms with Crippen molar-refractivity contribution in [1.82, 2.24) is 10.2 Å². The van der Waals surface area contributed by atoms with Crippen LogP contribution in [0.5, 0.6) is 0 Å². The van der Waals surface area contributed by atoms with Gasteiger partial charge in [0.1, 0.15) is 9.84 Å². The molecular weight excluding hydrogens is 228 g/mol. The summed E-state index contributed by atoms with van der Waals surface area (Å²) in [6.07, 6.45) is 2.28. The van der Waals surface area contributed by atoms with Crippen LogP contribution in [0, 0.1) is 5.92 Å². The first kappa shape index (κ1) is 13.4. The Balaban J connectivity index is 2.34. The maximum atomic E-state index is 11.7. The van der Waals surface area contributed by atoms with Crippen LogP contribution in [0.1, 0.15) is 12.8 Å². The molecule has 0 radical (unpaired) electrons. The Kier molecular flexibility index (Phi) is 4.73. The summed E-state index contributed by atoms with van der Waals surface area (Å²) in [4.78, 5) is 13.5. The molecule has 1 heterocycles. The molecule has 0 spiro atoms. The van der Waals surface area contributed by atoms with Crippen molar-refractivity contribution >= 4 is 15.7 Å². The lowest BCUT2D eigenvalue weighted by atomic mass is 10.1. The SMILES string of the molecule is CNCC1CCN(C(=O)CCS(C)(=O)=O)C1. The number of sulfone groups is 1. The van der Waals surface area contributed by atoms with Gasteiger partial charge in [-0.1, -0.05) is 0 Å². The van der Waals surface area contributed by atoms with Crippen LogP contribution in [0.15, 0.2) is 0 Å². The number of nitrogens with one attached hydrogen (secondary N) is 1. The highest BCUT2D eigenvalue weighted by Gasteiger charge is 2.25. The third kappa shape index (κ3) is 4.49. The van der Waals surface area contributed by atoms with Gasteiger partial charge in [-0.2, -0.15) is 0 Å². The van der Waals surface area contributed by atoms with Crippen molar-refractivity contribution < 1.29 is 13.2 Å². The van der Waals surface area contributed by atoms with Gasteiger partial charge in [0.25, 0.3) is 0 Å². The number of nitrogens with zero attached hydrogens (tertiary/aromatic N) is 1. The first-order valence-electron chi connectivity index (χ1n) is 5.52. The summed E-state index contributed by atoms with van der Waals surface area (Å²) < 4.78 is 21.9. The van der Waals surface area contributed by atoms with E-state index in [0.717, 1.165) is 32.3 Å². The molecule has 0 saturated carbocycles. The number of hydrogen-bond acceptors (Lipinski definition) is 4. The van der Waals surface area contributed by atoms with Crippen molar-refractivity contribution in [1.29, 1.82) is 0 Å². The van der Waals surface area contributed by atoms with Crippen molar-refractivity contribution in [3.8, 4) is 0 Å². The van der Waals surface area contributed by atoms with Crippen molar-refractivity contribution in [2.45, 2.75) is 12.8 Å². The molecule has 1 rings (SSSR count). The van der Waals surface area contributed by atoms with Crippen LogP contribution in [-0.2, 0) is 14.6 Å². The van der Waals surface area contributed by atoms with Gasteiger partial charge in [-0.25, -0.2) is 8.42 Å². The van der Waals surface area contributed by atoms with E-state index in [1.807, 2.05) is 7.05 Å². The van der Waals surface area contributed by atoms with E-state index in [2.05, 4.69) is 5.32 Å². The Morgan fingerprint density at radius 2 is 2.19 bits per heavy atom. The molecule has 1 saturated heterocycles. The van der Waals surface area contributed by atoms with Gasteiger partial charge in [-0.3, -0.25) is 4.79 Å². The van der Waals surface area contributed by atoms with Crippen molar-refractivity contribution in [2.75, 3.05) is 38.7 Å². The second-order valence-electron chi connectivity index (χ2n) is 4.43. The first-order valence-corrected chi connectivity index (χ1v) is 7.58. The van der Waals surface area contributed by atoms with E-state index in [1.165, 1.54) is 0 Å². The summed E-state index contributed by atoms with van der Waals surface area (Å²) in [7, 11) is -1.14. The summed E-state index contributed by atoms with van der Waals surface area (Å²) >= 11 is 0. The number of carbonyl (C=O) groups is 1. The largest absolute Gasteiger partial charge is 0.342 e. The Hall–Kier alpha value is -0.620. The molecule has 0 aliphatic carbocycles. The van der Waals surface area contributed by atoms with E-state index in [1.54, 1.807) is 4.90 Å². The highest BCUT2D eigenvalue weighted by Crippen LogP contribution is 2.16. The molecule has 0 aromatic heterocycles. The molecule has 0 aromatic rings. The summed E-state index contributed by atoms with van der Waals surface area (Å²) in [5.41, 5.74) is 0. The van der Waals surface area contributed by atoms with Gasteiger partial charge in [0.15, 0.2) is 0 Å². The van der Waals surface area contributed by atoms with E-state index in [9.17, 15) is 13.2 Å².